The highest BCUT2D eigenvalue weighted by atomic mass is 35.5. The highest BCUT2D eigenvalue weighted by Crippen LogP contribution is 2.29. The zero-order chi connectivity index (χ0) is 11.7. The zero-order valence-electron chi connectivity index (χ0n) is 8.81. The van der Waals surface area contributed by atoms with Crippen molar-refractivity contribution in [3.05, 3.63) is 46.8 Å². The highest BCUT2D eigenvalue weighted by molar-refractivity contribution is 7.16. The van der Waals surface area contributed by atoms with Crippen LogP contribution in [0.15, 0.2) is 40.3 Å². The summed E-state index contributed by atoms with van der Waals surface area (Å²) < 4.78 is 5.27. The number of pyridine rings is 1. The van der Waals surface area contributed by atoms with Gasteiger partial charge in [0.15, 0.2) is 0 Å². The first-order chi connectivity index (χ1) is 8.33. The topological polar surface area (TPSA) is 38.1 Å². The van der Waals surface area contributed by atoms with Gasteiger partial charge in [-0.15, -0.1) is 11.3 Å². The van der Waals surface area contributed by atoms with E-state index in [1.54, 1.807) is 17.6 Å². The fraction of sp³-hybridized carbons (Fsp3) is 0.0833. The zero-order valence-corrected chi connectivity index (χ0v) is 10.4. The lowest BCUT2D eigenvalue weighted by Crippen LogP contribution is -1.98. The van der Waals surface area contributed by atoms with Crippen molar-refractivity contribution < 1.29 is 4.42 Å². The second-order valence-corrected chi connectivity index (χ2v) is 4.85. The molecule has 0 unspecified atom stereocenters. The molecule has 0 aromatic carbocycles. The number of hydrogen-bond donors (Lipinski definition) is 1. The van der Waals surface area contributed by atoms with Crippen molar-refractivity contribution in [2.45, 2.75) is 6.54 Å². The van der Waals surface area contributed by atoms with E-state index in [9.17, 15) is 0 Å². The Morgan fingerprint density at radius 1 is 1.41 bits per heavy atom. The number of furan rings is 1. The molecular weight excluding hydrogens is 256 g/mol. The predicted molar refractivity (Wildman–Crippen MR) is 70.7 cm³/mol. The molecule has 3 aromatic heterocycles. The SMILES string of the molecule is Clc1cc(NCc2ccco2)c2ccsc2n1. The molecule has 0 saturated carbocycles. The van der Waals surface area contributed by atoms with Gasteiger partial charge in [0.1, 0.15) is 15.7 Å². The van der Waals surface area contributed by atoms with Crippen LogP contribution in [0, 0.1) is 0 Å². The van der Waals surface area contributed by atoms with Gasteiger partial charge in [-0.25, -0.2) is 4.98 Å². The molecule has 3 rings (SSSR count). The van der Waals surface area contributed by atoms with Crippen LogP contribution in [0.25, 0.3) is 10.2 Å². The molecule has 0 radical (unpaired) electrons. The number of nitrogens with one attached hydrogen (secondary N) is 1. The molecule has 3 aromatic rings. The third-order valence-electron chi connectivity index (χ3n) is 2.44. The molecule has 1 N–H and O–H groups in total. The van der Waals surface area contributed by atoms with Crippen molar-refractivity contribution >= 4 is 38.8 Å². The lowest BCUT2D eigenvalue weighted by Gasteiger charge is -2.06. The van der Waals surface area contributed by atoms with Crippen molar-refractivity contribution in [3.8, 4) is 0 Å². The van der Waals surface area contributed by atoms with Gasteiger partial charge in [-0.1, -0.05) is 11.6 Å². The molecule has 0 bridgehead atoms. The molecular formula is C12H9ClN2OS. The normalized spacial score (nSPS) is 10.9. The summed E-state index contributed by atoms with van der Waals surface area (Å²) in [5.74, 6) is 0.890. The summed E-state index contributed by atoms with van der Waals surface area (Å²) in [5.41, 5.74) is 0.984. The Kier molecular flexibility index (Phi) is 2.74. The van der Waals surface area contributed by atoms with Crippen LogP contribution in [0.5, 0.6) is 0 Å². The minimum Gasteiger partial charge on any atom is -0.467 e. The molecule has 0 aliphatic carbocycles. The van der Waals surface area contributed by atoms with Gasteiger partial charge in [0.25, 0.3) is 0 Å². The highest BCUT2D eigenvalue weighted by Gasteiger charge is 2.06. The largest absolute Gasteiger partial charge is 0.467 e. The predicted octanol–water partition coefficient (Wildman–Crippen LogP) is 4.15. The average molecular weight is 265 g/mol. The van der Waals surface area contributed by atoms with Crippen LogP contribution < -0.4 is 5.32 Å². The first-order valence-corrected chi connectivity index (χ1v) is 6.39. The summed E-state index contributed by atoms with van der Waals surface area (Å²) in [4.78, 5) is 5.21. The molecule has 0 aliphatic heterocycles. The quantitative estimate of drug-likeness (QED) is 0.722. The average Bonchev–Trinajstić information content (AvgIpc) is 2.95. The van der Waals surface area contributed by atoms with Crippen LogP contribution in [0.2, 0.25) is 5.15 Å². The van der Waals surface area contributed by atoms with E-state index in [4.69, 9.17) is 16.0 Å². The Bertz CT molecular complexity index is 633. The van der Waals surface area contributed by atoms with Gasteiger partial charge in [-0.05, 0) is 29.6 Å². The number of nitrogens with zero attached hydrogens (tertiary/aromatic N) is 1. The third kappa shape index (κ3) is 2.14. The molecule has 0 aliphatic rings. The smallest absolute Gasteiger partial charge is 0.132 e. The number of aromatic nitrogens is 1. The molecule has 0 spiro atoms. The molecule has 3 nitrogen and oxygen atoms in total. The van der Waals surface area contributed by atoms with Crippen LogP contribution in [0.4, 0.5) is 5.69 Å². The van der Waals surface area contributed by atoms with E-state index in [2.05, 4.69) is 10.3 Å². The number of anilines is 1. The van der Waals surface area contributed by atoms with Crippen molar-refractivity contribution in [1.29, 1.82) is 0 Å². The Balaban J connectivity index is 1.91. The number of thiophene rings is 1. The van der Waals surface area contributed by atoms with Gasteiger partial charge in [-0.2, -0.15) is 0 Å². The number of rotatable bonds is 3. The van der Waals surface area contributed by atoms with E-state index in [1.165, 1.54) is 0 Å². The second kappa shape index (κ2) is 4.39. The molecule has 17 heavy (non-hydrogen) atoms. The summed E-state index contributed by atoms with van der Waals surface area (Å²) in [6.45, 7) is 0.637. The lowest BCUT2D eigenvalue weighted by atomic mass is 10.3. The summed E-state index contributed by atoms with van der Waals surface area (Å²) >= 11 is 7.55. The van der Waals surface area contributed by atoms with Gasteiger partial charge in [0.2, 0.25) is 0 Å². The summed E-state index contributed by atoms with van der Waals surface area (Å²) in [5, 5.41) is 6.90. The van der Waals surface area contributed by atoms with Gasteiger partial charge in [0, 0.05) is 11.1 Å². The monoisotopic (exact) mass is 264 g/mol. The number of hydrogen-bond acceptors (Lipinski definition) is 4. The van der Waals surface area contributed by atoms with E-state index in [1.807, 2.05) is 29.6 Å². The van der Waals surface area contributed by atoms with E-state index >= 15 is 0 Å². The number of halogens is 1. The maximum Gasteiger partial charge on any atom is 0.132 e. The van der Waals surface area contributed by atoms with E-state index in [0.717, 1.165) is 21.7 Å². The minimum atomic E-state index is 0.502. The van der Waals surface area contributed by atoms with Crippen LogP contribution in [0.3, 0.4) is 0 Å². The minimum absolute atomic E-state index is 0.502. The second-order valence-electron chi connectivity index (χ2n) is 3.56. The lowest BCUT2D eigenvalue weighted by molar-refractivity contribution is 0.518. The van der Waals surface area contributed by atoms with Crippen molar-refractivity contribution in [2.75, 3.05) is 5.32 Å². The van der Waals surface area contributed by atoms with Gasteiger partial charge >= 0.3 is 0 Å². The summed E-state index contributed by atoms with van der Waals surface area (Å²) in [6, 6.07) is 7.67. The third-order valence-corrected chi connectivity index (χ3v) is 3.44. The molecule has 5 heteroatoms. The molecule has 0 atom stereocenters. The molecule has 3 heterocycles. The van der Waals surface area contributed by atoms with E-state index in [0.29, 0.717) is 11.7 Å². The summed E-state index contributed by atoms with van der Waals surface area (Å²) in [7, 11) is 0. The van der Waals surface area contributed by atoms with Gasteiger partial charge in [0.05, 0.1) is 12.8 Å². The fourth-order valence-electron chi connectivity index (χ4n) is 1.66. The molecule has 86 valence electrons. The van der Waals surface area contributed by atoms with Crippen molar-refractivity contribution in [1.82, 2.24) is 4.98 Å². The van der Waals surface area contributed by atoms with Crippen molar-refractivity contribution in [3.63, 3.8) is 0 Å². The molecule has 0 amide bonds. The van der Waals surface area contributed by atoms with E-state index in [-0.39, 0.29) is 0 Å². The maximum atomic E-state index is 5.97. The number of fused-ring (bicyclic) bond motifs is 1. The first-order valence-electron chi connectivity index (χ1n) is 5.13. The van der Waals surface area contributed by atoms with Gasteiger partial charge in [-0.3, -0.25) is 0 Å². The summed E-state index contributed by atoms with van der Waals surface area (Å²) in [6.07, 6.45) is 1.66. The van der Waals surface area contributed by atoms with Gasteiger partial charge < -0.3 is 9.73 Å². The fourth-order valence-corrected chi connectivity index (χ4v) is 2.69. The van der Waals surface area contributed by atoms with Crippen LogP contribution in [0.1, 0.15) is 5.76 Å². The van der Waals surface area contributed by atoms with Crippen LogP contribution >= 0.6 is 22.9 Å². The Morgan fingerprint density at radius 2 is 2.35 bits per heavy atom. The van der Waals surface area contributed by atoms with Crippen LogP contribution in [-0.4, -0.2) is 4.98 Å². The molecule has 0 fully saturated rings. The maximum absolute atomic E-state index is 5.97. The molecule has 0 saturated heterocycles. The van der Waals surface area contributed by atoms with Crippen LogP contribution in [-0.2, 0) is 6.54 Å². The Labute approximate surface area is 107 Å². The first kappa shape index (κ1) is 10.6. The standard InChI is InChI=1S/C12H9ClN2OS/c13-11-6-10(9-3-5-17-12(9)15-11)14-7-8-2-1-4-16-8/h1-6H,7H2,(H,14,15). The van der Waals surface area contributed by atoms with E-state index < -0.39 is 0 Å². The Morgan fingerprint density at radius 3 is 3.18 bits per heavy atom. The Hall–Kier alpha value is -1.52. The van der Waals surface area contributed by atoms with Crippen molar-refractivity contribution in [2.24, 2.45) is 0 Å².